The lowest BCUT2D eigenvalue weighted by atomic mass is 10.2. The van der Waals surface area contributed by atoms with E-state index in [1.165, 1.54) is 6.08 Å². The van der Waals surface area contributed by atoms with Gasteiger partial charge >= 0.3 is 5.97 Å². The molecule has 5 heteroatoms. The number of benzene rings is 1. The van der Waals surface area contributed by atoms with Crippen molar-refractivity contribution >= 4 is 29.3 Å². The first kappa shape index (κ1) is 17.4. The Labute approximate surface area is 134 Å². The second-order valence-electron chi connectivity index (χ2n) is 4.10. The minimum Gasteiger partial charge on any atom is -0.460 e. The number of nitrogens with zero attached hydrogens (tertiary/aromatic N) is 1. The van der Waals surface area contributed by atoms with Crippen molar-refractivity contribution in [1.82, 2.24) is 0 Å². The third-order valence-corrected chi connectivity index (χ3v) is 4.06. The Morgan fingerprint density at radius 3 is 2.76 bits per heavy atom. The van der Waals surface area contributed by atoms with Crippen LogP contribution in [0.4, 0.5) is 0 Å². The van der Waals surface area contributed by atoms with Crippen molar-refractivity contribution in [3.63, 3.8) is 0 Å². The van der Waals surface area contributed by atoms with Gasteiger partial charge in [-0.05, 0) is 19.1 Å². The van der Waals surface area contributed by atoms with Crippen LogP contribution in [-0.4, -0.2) is 23.2 Å². The van der Waals surface area contributed by atoms with E-state index in [9.17, 15) is 4.79 Å². The number of halogens is 1. The maximum absolute atomic E-state index is 11.3. The van der Waals surface area contributed by atoms with Gasteiger partial charge in [-0.25, -0.2) is 0 Å². The Kier molecular flexibility index (Phi) is 8.34. The summed E-state index contributed by atoms with van der Waals surface area (Å²) in [6.07, 6.45) is 6.38. The molecule has 2 atom stereocenters. The molecular formula is C16H16ClNO2S. The van der Waals surface area contributed by atoms with Crippen LogP contribution in [0.25, 0.3) is 0 Å². The molecule has 0 aliphatic heterocycles. The molecule has 1 rings (SSSR count). The second-order valence-corrected chi connectivity index (χ2v) is 5.62. The largest absolute Gasteiger partial charge is 0.460 e. The number of rotatable bonds is 7. The molecule has 110 valence electrons. The van der Waals surface area contributed by atoms with Crippen molar-refractivity contribution in [2.45, 2.75) is 23.2 Å². The minimum atomic E-state index is -0.441. The number of ether oxygens (including phenoxy) is 1. The smallest absolute Gasteiger partial charge is 0.321 e. The number of nitriles is 1. The van der Waals surface area contributed by atoms with E-state index < -0.39 is 5.97 Å². The van der Waals surface area contributed by atoms with Crippen molar-refractivity contribution in [3.8, 4) is 6.07 Å². The number of thioether (sulfide) groups is 1. The summed E-state index contributed by atoms with van der Waals surface area (Å²) in [5, 5.41) is 8.40. The molecular weight excluding hydrogens is 306 g/mol. The Morgan fingerprint density at radius 1 is 1.43 bits per heavy atom. The Bertz CT molecular complexity index is 537. The SMILES string of the molecule is C[C@@H](OC(=O)CCl)[C@@H](/C=C/C=C/C#N)Sc1ccccc1. The molecule has 21 heavy (non-hydrogen) atoms. The molecule has 0 aliphatic rings. The predicted octanol–water partition coefficient (Wildman–Crippen LogP) is 3.95. The molecule has 1 aromatic carbocycles. The van der Waals surface area contributed by atoms with Crippen molar-refractivity contribution in [2.24, 2.45) is 0 Å². The van der Waals surface area contributed by atoms with Gasteiger partial charge in [0.05, 0.1) is 11.3 Å². The Balaban J connectivity index is 2.78. The topological polar surface area (TPSA) is 50.1 Å². The van der Waals surface area contributed by atoms with E-state index in [0.717, 1.165) is 4.90 Å². The molecule has 0 saturated carbocycles. The number of hydrogen-bond acceptors (Lipinski definition) is 4. The van der Waals surface area contributed by atoms with Gasteiger partial charge in [-0.1, -0.05) is 36.4 Å². The number of allylic oxidation sites excluding steroid dienone is 3. The molecule has 0 amide bonds. The molecule has 3 nitrogen and oxygen atoms in total. The van der Waals surface area contributed by atoms with Gasteiger partial charge in [0, 0.05) is 11.0 Å². The fourth-order valence-electron chi connectivity index (χ4n) is 1.53. The summed E-state index contributed by atoms with van der Waals surface area (Å²) in [5.74, 6) is -0.603. The van der Waals surface area contributed by atoms with Gasteiger partial charge in [0.1, 0.15) is 12.0 Å². The van der Waals surface area contributed by atoms with Crippen LogP contribution in [0.3, 0.4) is 0 Å². The number of alkyl halides is 1. The van der Waals surface area contributed by atoms with E-state index in [1.807, 2.05) is 49.4 Å². The number of carbonyl (C=O) groups excluding carboxylic acids is 1. The maximum atomic E-state index is 11.3. The van der Waals surface area contributed by atoms with Gasteiger partial charge in [-0.15, -0.1) is 23.4 Å². The molecule has 0 fully saturated rings. The van der Waals surface area contributed by atoms with Gasteiger partial charge in [-0.3, -0.25) is 4.79 Å². The van der Waals surface area contributed by atoms with Gasteiger partial charge in [0.15, 0.2) is 0 Å². The molecule has 0 radical (unpaired) electrons. The molecule has 0 spiro atoms. The van der Waals surface area contributed by atoms with E-state index in [0.29, 0.717) is 0 Å². The highest BCUT2D eigenvalue weighted by molar-refractivity contribution is 8.00. The van der Waals surface area contributed by atoms with Crippen LogP contribution >= 0.6 is 23.4 Å². The molecule has 0 aromatic heterocycles. The van der Waals surface area contributed by atoms with Crippen LogP contribution in [0.15, 0.2) is 59.5 Å². The lowest BCUT2D eigenvalue weighted by molar-refractivity contribution is -0.144. The summed E-state index contributed by atoms with van der Waals surface area (Å²) in [6, 6.07) is 11.8. The first-order valence-corrected chi connectivity index (χ1v) is 7.79. The average molecular weight is 322 g/mol. The van der Waals surface area contributed by atoms with Gasteiger partial charge in [0.2, 0.25) is 0 Å². The summed E-state index contributed by atoms with van der Waals surface area (Å²) >= 11 is 7.04. The standard InChI is InChI=1S/C16H16ClNO2S/c1-13(20-16(19)12-17)15(10-6-3-7-11-18)21-14-8-4-2-5-9-14/h2-10,13,15H,12H2,1H3/b7-3+,10-6+/t13-,15-/m1/s1. The highest BCUT2D eigenvalue weighted by Gasteiger charge is 2.19. The third kappa shape index (κ3) is 7.03. The predicted molar refractivity (Wildman–Crippen MR) is 86.3 cm³/mol. The third-order valence-electron chi connectivity index (χ3n) is 2.49. The van der Waals surface area contributed by atoms with Crippen molar-refractivity contribution in [2.75, 3.05) is 5.88 Å². The van der Waals surface area contributed by atoms with Crippen LogP contribution in [0, 0.1) is 11.3 Å². The number of carbonyl (C=O) groups is 1. The zero-order chi connectivity index (χ0) is 15.5. The summed E-state index contributed by atoms with van der Waals surface area (Å²) < 4.78 is 5.26. The monoisotopic (exact) mass is 321 g/mol. The minimum absolute atomic E-state index is 0.0668. The number of hydrogen-bond donors (Lipinski definition) is 0. The zero-order valence-electron chi connectivity index (χ0n) is 11.6. The molecule has 1 aromatic rings. The highest BCUT2D eigenvalue weighted by Crippen LogP contribution is 2.27. The number of esters is 1. The van der Waals surface area contributed by atoms with Crippen molar-refractivity contribution in [3.05, 3.63) is 54.6 Å². The summed E-state index contributed by atoms with van der Waals surface area (Å²) in [4.78, 5) is 12.4. The van der Waals surface area contributed by atoms with Crippen LogP contribution in [0.2, 0.25) is 0 Å². The van der Waals surface area contributed by atoms with E-state index >= 15 is 0 Å². The quantitative estimate of drug-likeness (QED) is 0.251. The fraction of sp³-hybridized carbons (Fsp3) is 0.250. The van der Waals surface area contributed by atoms with Crippen LogP contribution in [0.5, 0.6) is 0 Å². The average Bonchev–Trinajstić information content (AvgIpc) is 2.51. The lowest BCUT2D eigenvalue weighted by Gasteiger charge is -2.20. The summed E-state index contributed by atoms with van der Waals surface area (Å²) in [7, 11) is 0. The molecule has 0 N–H and O–H groups in total. The second kappa shape index (κ2) is 10.1. The van der Waals surface area contributed by atoms with Crippen LogP contribution < -0.4 is 0 Å². The Hall–Kier alpha value is -1.70. The summed E-state index contributed by atoms with van der Waals surface area (Å²) in [5.41, 5.74) is 0. The van der Waals surface area contributed by atoms with Gasteiger partial charge < -0.3 is 4.74 Å². The molecule has 0 aliphatic carbocycles. The zero-order valence-corrected chi connectivity index (χ0v) is 13.2. The maximum Gasteiger partial charge on any atom is 0.321 e. The summed E-state index contributed by atoms with van der Waals surface area (Å²) in [6.45, 7) is 1.82. The Morgan fingerprint density at radius 2 is 2.14 bits per heavy atom. The molecule has 0 bridgehead atoms. The van der Waals surface area contributed by atoms with E-state index in [-0.39, 0.29) is 17.2 Å². The fourth-order valence-corrected chi connectivity index (χ4v) is 2.63. The first-order chi connectivity index (χ1) is 10.2. The first-order valence-electron chi connectivity index (χ1n) is 6.37. The van der Waals surface area contributed by atoms with Crippen molar-refractivity contribution in [1.29, 1.82) is 5.26 Å². The van der Waals surface area contributed by atoms with Gasteiger partial charge in [-0.2, -0.15) is 5.26 Å². The van der Waals surface area contributed by atoms with Crippen LogP contribution in [-0.2, 0) is 9.53 Å². The van der Waals surface area contributed by atoms with Gasteiger partial charge in [0.25, 0.3) is 0 Å². The van der Waals surface area contributed by atoms with E-state index in [2.05, 4.69) is 0 Å². The van der Waals surface area contributed by atoms with Crippen molar-refractivity contribution < 1.29 is 9.53 Å². The van der Waals surface area contributed by atoms with E-state index in [4.69, 9.17) is 21.6 Å². The highest BCUT2D eigenvalue weighted by atomic mass is 35.5. The molecule has 0 unspecified atom stereocenters. The van der Waals surface area contributed by atoms with E-state index in [1.54, 1.807) is 23.9 Å². The lowest BCUT2D eigenvalue weighted by Crippen LogP contribution is -2.25. The normalized spacial score (nSPS) is 14.0. The molecule has 0 heterocycles. The molecule has 0 saturated heterocycles. The van der Waals surface area contributed by atoms with Crippen LogP contribution in [0.1, 0.15) is 6.92 Å².